The number of aryl methyl sites for hydroxylation is 1. The van der Waals surface area contributed by atoms with Gasteiger partial charge in [-0.15, -0.1) is 0 Å². The van der Waals surface area contributed by atoms with E-state index in [0.29, 0.717) is 25.8 Å². The number of hydrogen-bond acceptors (Lipinski definition) is 5. The smallest absolute Gasteiger partial charge is 0.326 e. The van der Waals surface area contributed by atoms with E-state index in [0.717, 1.165) is 28.9 Å². The van der Waals surface area contributed by atoms with Crippen molar-refractivity contribution in [1.29, 1.82) is 0 Å². The maximum Gasteiger partial charge on any atom is 0.326 e. The number of benzene rings is 1. The van der Waals surface area contributed by atoms with E-state index in [1.54, 1.807) is 0 Å². The number of carbonyl (C=O) groups excluding carboxylic acids is 4. The molecule has 7 nitrogen and oxygen atoms in total. The molecule has 2 fully saturated rings. The van der Waals surface area contributed by atoms with Crippen LogP contribution in [0.4, 0.5) is 0 Å². The predicted octanol–water partition coefficient (Wildman–Crippen LogP) is 1.37. The molecular formula is C21H26N2O5. The summed E-state index contributed by atoms with van der Waals surface area (Å²) in [6.07, 6.45) is 3.95. The van der Waals surface area contributed by atoms with Crippen LogP contribution in [-0.2, 0) is 30.3 Å². The average molecular weight is 386 g/mol. The van der Waals surface area contributed by atoms with E-state index < -0.39 is 25.0 Å². The van der Waals surface area contributed by atoms with Crippen LogP contribution in [0.1, 0.15) is 36.8 Å². The first kappa shape index (κ1) is 20.0. The zero-order chi connectivity index (χ0) is 20.1. The molecule has 28 heavy (non-hydrogen) atoms. The van der Waals surface area contributed by atoms with Gasteiger partial charge in [0.2, 0.25) is 11.8 Å². The van der Waals surface area contributed by atoms with Crippen molar-refractivity contribution in [1.82, 2.24) is 10.2 Å². The molecule has 150 valence electrons. The molecule has 3 amide bonds. The van der Waals surface area contributed by atoms with Gasteiger partial charge in [0, 0.05) is 6.54 Å². The third-order valence-corrected chi connectivity index (χ3v) is 5.56. The molecule has 1 N–H and O–H groups in total. The van der Waals surface area contributed by atoms with Crippen LogP contribution >= 0.6 is 0 Å². The highest BCUT2D eigenvalue weighted by Gasteiger charge is 2.48. The van der Waals surface area contributed by atoms with Crippen molar-refractivity contribution in [2.24, 2.45) is 11.8 Å². The molecule has 7 heteroatoms. The lowest BCUT2D eigenvalue weighted by Gasteiger charge is -2.19. The van der Waals surface area contributed by atoms with Crippen LogP contribution in [0, 0.1) is 18.8 Å². The fourth-order valence-corrected chi connectivity index (χ4v) is 3.99. The van der Waals surface area contributed by atoms with Gasteiger partial charge in [-0.05, 0) is 37.3 Å². The van der Waals surface area contributed by atoms with Crippen molar-refractivity contribution in [3.8, 4) is 0 Å². The maximum absolute atomic E-state index is 12.3. The summed E-state index contributed by atoms with van der Waals surface area (Å²) < 4.78 is 4.95. The lowest BCUT2D eigenvalue weighted by molar-refractivity contribution is -0.154. The molecule has 1 aliphatic carbocycles. The Balaban J connectivity index is 1.39. The van der Waals surface area contributed by atoms with Gasteiger partial charge in [0.1, 0.15) is 6.54 Å². The molecule has 1 aromatic carbocycles. The van der Waals surface area contributed by atoms with Gasteiger partial charge in [0.15, 0.2) is 6.61 Å². The summed E-state index contributed by atoms with van der Waals surface area (Å²) in [5.74, 6) is -2.30. The fourth-order valence-electron chi connectivity index (χ4n) is 3.99. The van der Waals surface area contributed by atoms with Crippen molar-refractivity contribution in [3.05, 3.63) is 35.4 Å². The molecule has 1 aromatic rings. The molecule has 2 aliphatic rings. The van der Waals surface area contributed by atoms with Gasteiger partial charge in [-0.1, -0.05) is 37.1 Å². The third kappa shape index (κ3) is 4.58. The number of nitrogens with zero attached hydrogens (tertiary/aromatic N) is 1. The number of imide groups is 1. The first-order chi connectivity index (χ1) is 13.5. The fraction of sp³-hybridized carbons (Fsp3) is 0.524. The normalized spacial score (nSPS) is 21.4. The van der Waals surface area contributed by atoms with Crippen LogP contribution in [0.15, 0.2) is 24.3 Å². The SMILES string of the molecule is Cc1ccccc1CCNC(=O)COC(=O)CN1C(=O)[C@@H]2CCCC[C@H]2C1=O. The van der Waals surface area contributed by atoms with Crippen molar-refractivity contribution in [2.75, 3.05) is 19.7 Å². The highest BCUT2D eigenvalue weighted by molar-refractivity contribution is 6.07. The van der Waals surface area contributed by atoms with Gasteiger partial charge in [0.05, 0.1) is 11.8 Å². The summed E-state index contributed by atoms with van der Waals surface area (Å²) in [6, 6.07) is 7.92. The molecule has 0 aromatic heterocycles. The summed E-state index contributed by atoms with van der Waals surface area (Å²) >= 11 is 0. The van der Waals surface area contributed by atoms with Gasteiger partial charge >= 0.3 is 5.97 Å². The minimum Gasteiger partial charge on any atom is -0.454 e. The Kier molecular flexibility index (Phi) is 6.44. The molecule has 3 rings (SSSR count). The Labute approximate surface area is 164 Å². The van der Waals surface area contributed by atoms with Gasteiger partial charge in [-0.25, -0.2) is 0 Å². The Morgan fingerprint density at radius 2 is 1.75 bits per heavy atom. The van der Waals surface area contributed by atoms with E-state index in [2.05, 4.69) is 5.32 Å². The van der Waals surface area contributed by atoms with Crippen LogP contribution in [0.3, 0.4) is 0 Å². The summed E-state index contributed by atoms with van der Waals surface area (Å²) in [5, 5.41) is 2.70. The number of fused-ring (bicyclic) bond motifs is 1. The number of hydrogen-bond donors (Lipinski definition) is 1. The van der Waals surface area contributed by atoms with Crippen LogP contribution in [0.5, 0.6) is 0 Å². The first-order valence-corrected chi connectivity index (χ1v) is 9.79. The summed E-state index contributed by atoms with van der Waals surface area (Å²) in [7, 11) is 0. The van der Waals surface area contributed by atoms with Crippen LogP contribution in [0.25, 0.3) is 0 Å². The van der Waals surface area contributed by atoms with Crippen molar-refractivity contribution < 1.29 is 23.9 Å². The second kappa shape index (κ2) is 8.99. The number of rotatable bonds is 7. The van der Waals surface area contributed by atoms with Crippen LogP contribution in [-0.4, -0.2) is 48.3 Å². The number of carbonyl (C=O) groups is 4. The second-order valence-corrected chi connectivity index (χ2v) is 7.45. The Bertz CT molecular complexity index is 752. The minimum atomic E-state index is -0.741. The standard InChI is InChI=1S/C21H26N2O5/c1-14-6-2-3-7-15(14)10-11-22-18(24)13-28-19(25)12-23-20(26)16-8-4-5-9-17(16)21(23)27/h2-3,6-7,16-17H,4-5,8-13H2,1H3,(H,22,24)/t16-,17-/m1/s1. The molecule has 1 aliphatic heterocycles. The minimum absolute atomic E-state index is 0.283. The van der Waals surface area contributed by atoms with E-state index in [9.17, 15) is 19.2 Å². The second-order valence-electron chi connectivity index (χ2n) is 7.45. The molecule has 1 heterocycles. The maximum atomic E-state index is 12.3. The molecular weight excluding hydrogens is 360 g/mol. The number of ether oxygens (including phenoxy) is 1. The molecule has 1 saturated carbocycles. The Morgan fingerprint density at radius 1 is 1.11 bits per heavy atom. The Morgan fingerprint density at radius 3 is 2.39 bits per heavy atom. The molecule has 1 saturated heterocycles. The molecule has 0 bridgehead atoms. The van der Waals surface area contributed by atoms with E-state index in [4.69, 9.17) is 4.74 Å². The number of nitrogens with one attached hydrogen (secondary N) is 1. The van der Waals surface area contributed by atoms with Crippen molar-refractivity contribution in [2.45, 2.75) is 39.0 Å². The van der Waals surface area contributed by atoms with Gasteiger partial charge in [-0.3, -0.25) is 24.1 Å². The van der Waals surface area contributed by atoms with Crippen LogP contribution < -0.4 is 5.32 Å². The van der Waals surface area contributed by atoms with E-state index in [1.807, 2.05) is 31.2 Å². The van der Waals surface area contributed by atoms with E-state index in [-0.39, 0.29) is 23.7 Å². The van der Waals surface area contributed by atoms with Gasteiger partial charge in [-0.2, -0.15) is 0 Å². The van der Waals surface area contributed by atoms with E-state index >= 15 is 0 Å². The largest absolute Gasteiger partial charge is 0.454 e. The summed E-state index contributed by atoms with van der Waals surface area (Å²) in [6.45, 7) is 1.61. The first-order valence-electron chi connectivity index (χ1n) is 9.79. The lowest BCUT2D eigenvalue weighted by Crippen LogP contribution is -2.38. The topological polar surface area (TPSA) is 92.8 Å². The number of likely N-dealkylation sites (tertiary alicyclic amines) is 1. The summed E-state index contributed by atoms with van der Waals surface area (Å²) in [5.41, 5.74) is 2.30. The molecule has 2 atom stereocenters. The van der Waals surface area contributed by atoms with Crippen molar-refractivity contribution in [3.63, 3.8) is 0 Å². The number of amides is 3. The molecule has 0 spiro atoms. The third-order valence-electron chi connectivity index (χ3n) is 5.56. The number of esters is 1. The Hall–Kier alpha value is -2.70. The highest BCUT2D eigenvalue weighted by Crippen LogP contribution is 2.37. The van der Waals surface area contributed by atoms with Gasteiger partial charge in [0.25, 0.3) is 5.91 Å². The zero-order valence-electron chi connectivity index (χ0n) is 16.1. The van der Waals surface area contributed by atoms with E-state index in [1.165, 1.54) is 0 Å². The van der Waals surface area contributed by atoms with Crippen molar-refractivity contribution >= 4 is 23.7 Å². The van der Waals surface area contributed by atoms with Crippen LogP contribution in [0.2, 0.25) is 0 Å². The monoisotopic (exact) mass is 386 g/mol. The van der Waals surface area contributed by atoms with Gasteiger partial charge < -0.3 is 10.1 Å². The summed E-state index contributed by atoms with van der Waals surface area (Å²) in [4.78, 5) is 49.5. The quantitative estimate of drug-likeness (QED) is 0.564. The highest BCUT2D eigenvalue weighted by atomic mass is 16.5. The lowest BCUT2D eigenvalue weighted by atomic mass is 9.81. The predicted molar refractivity (Wildman–Crippen MR) is 101 cm³/mol. The molecule has 0 unspecified atom stereocenters. The zero-order valence-corrected chi connectivity index (χ0v) is 16.1. The molecule has 0 radical (unpaired) electrons. The average Bonchev–Trinajstić information content (AvgIpc) is 2.93.